The van der Waals surface area contributed by atoms with Crippen molar-refractivity contribution in [2.75, 3.05) is 19.0 Å². The number of benzene rings is 1. The fourth-order valence-electron chi connectivity index (χ4n) is 1.82. The molecule has 4 nitrogen and oxygen atoms in total. The molecule has 0 spiro atoms. The maximum atomic E-state index is 12.3. The molecule has 1 aromatic carbocycles. The Bertz CT molecular complexity index is 711. The molecule has 0 aliphatic rings. The molecule has 1 heterocycles. The van der Waals surface area contributed by atoms with Crippen LogP contribution in [0.3, 0.4) is 0 Å². The van der Waals surface area contributed by atoms with Crippen LogP contribution >= 0.6 is 11.3 Å². The molecule has 2 rings (SSSR count). The second-order valence-corrected chi connectivity index (χ2v) is 5.22. The van der Waals surface area contributed by atoms with E-state index in [1.807, 2.05) is 24.4 Å². The standard InChI is InChI=1S/C16H16N2O2S/c1-11-7-9-21-15(11)16(19)18-13-10-12(4-3-8-17)5-6-14(13)20-2/h5-7,9-10H,8,17H2,1-2H3,(H,18,19). The van der Waals surface area contributed by atoms with Crippen LogP contribution in [0.2, 0.25) is 0 Å². The van der Waals surface area contributed by atoms with Gasteiger partial charge in [-0.25, -0.2) is 0 Å². The van der Waals surface area contributed by atoms with Crippen molar-refractivity contribution in [2.45, 2.75) is 6.92 Å². The normalized spacial score (nSPS) is 9.67. The van der Waals surface area contributed by atoms with E-state index in [1.54, 1.807) is 19.2 Å². The average Bonchev–Trinajstić information content (AvgIpc) is 2.91. The molecule has 0 aliphatic carbocycles. The predicted molar refractivity (Wildman–Crippen MR) is 85.9 cm³/mol. The topological polar surface area (TPSA) is 64.3 Å². The summed E-state index contributed by atoms with van der Waals surface area (Å²) in [5, 5.41) is 4.76. The molecule has 3 N–H and O–H groups in total. The first kappa shape index (κ1) is 15.1. The number of aryl methyl sites for hydroxylation is 1. The van der Waals surface area contributed by atoms with Crippen LogP contribution < -0.4 is 15.8 Å². The van der Waals surface area contributed by atoms with Gasteiger partial charge in [-0.3, -0.25) is 4.79 Å². The second-order valence-electron chi connectivity index (χ2n) is 4.31. The third-order valence-corrected chi connectivity index (χ3v) is 3.87. The molecular formula is C16H16N2O2S. The first-order valence-corrected chi connectivity index (χ1v) is 7.26. The summed E-state index contributed by atoms with van der Waals surface area (Å²) in [6, 6.07) is 7.30. The van der Waals surface area contributed by atoms with Crippen molar-refractivity contribution in [3.05, 3.63) is 45.6 Å². The number of methoxy groups -OCH3 is 1. The SMILES string of the molecule is COc1ccc(C#CCN)cc1NC(=O)c1sccc1C. The molecule has 0 saturated carbocycles. The van der Waals surface area contributed by atoms with Crippen molar-refractivity contribution in [3.8, 4) is 17.6 Å². The van der Waals surface area contributed by atoms with Crippen LogP contribution in [0, 0.1) is 18.8 Å². The van der Waals surface area contributed by atoms with Gasteiger partial charge in [0.05, 0.1) is 24.2 Å². The van der Waals surface area contributed by atoms with Gasteiger partial charge in [0.15, 0.2) is 0 Å². The van der Waals surface area contributed by atoms with Crippen molar-refractivity contribution in [1.29, 1.82) is 0 Å². The highest BCUT2D eigenvalue weighted by Gasteiger charge is 2.13. The Morgan fingerprint density at radius 2 is 2.24 bits per heavy atom. The Balaban J connectivity index is 2.29. The van der Waals surface area contributed by atoms with Crippen molar-refractivity contribution < 1.29 is 9.53 Å². The third kappa shape index (κ3) is 3.63. The second kappa shape index (κ2) is 6.93. The van der Waals surface area contributed by atoms with E-state index < -0.39 is 0 Å². The number of ether oxygens (including phenoxy) is 1. The molecule has 5 heteroatoms. The van der Waals surface area contributed by atoms with Gasteiger partial charge in [0, 0.05) is 5.56 Å². The quantitative estimate of drug-likeness (QED) is 0.856. The summed E-state index contributed by atoms with van der Waals surface area (Å²) in [5.41, 5.74) is 7.69. The molecule has 1 amide bonds. The maximum Gasteiger partial charge on any atom is 0.266 e. The van der Waals surface area contributed by atoms with Gasteiger partial charge < -0.3 is 15.8 Å². The van der Waals surface area contributed by atoms with Crippen LogP contribution in [0.4, 0.5) is 5.69 Å². The number of amides is 1. The molecule has 1 aromatic heterocycles. The van der Waals surface area contributed by atoms with Crippen LogP contribution in [0.15, 0.2) is 29.6 Å². The Morgan fingerprint density at radius 1 is 1.43 bits per heavy atom. The summed E-state index contributed by atoms with van der Waals surface area (Å²) in [5.74, 6) is 6.17. The lowest BCUT2D eigenvalue weighted by Crippen LogP contribution is -2.12. The molecule has 0 radical (unpaired) electrons. The van der Waals surface area contributed by atoms with E-state index >= 15 is 0 Å². The zero-order valence-corrected chi connectivity index (χ0v) is 12.7. The minimum Gasteiger partial charge on any atom is -0.495 e. The van der Waals surface area contributed by atoms with Gasteiger partial charge in [-0.2, -0.15) is 0 Å². The Labute approximate surface area is 127 Å². The summed E-state index contributed by atoms with van der Waals surface area (Å²) in [7, 11) is 1.56. The highest BCUT2D eigenvalue weighted by molar-refractivity contribution is 7.12. The van der Waals surface area contributed by atoms with E-state index in [9.17, 15) is 4.79 Å². The summed E-state index contributed by atoms with van der Waals surface area (Å²) in [6.07, 6.45) is 0. The minimum atomic E-state index is -0.148. The number of carbonyl (C=O) groups is 1. The van der Waals surface area contributed by atoms with Gasteiger partial charge in [0.25, 0.3) is 5.91 Å². The van der Waals surface area contributed by atoms with Crippen LogP contribution in [0.5, 0.6) is 5.75 Å². The molecule has 0 aliphatic heterocycles. The fourth-order valence-corrected chi connectivity index (χ4v) is 2.64. The van der Waals surface area contributed by atoms with Crippen molar-refractivity contribution in [3.63, 3.8) is 0 Å². The number of nitrogens with two attached hydrogens (primary N) is 1. The fraction of sp³-hybridized carbons (Fsp3) is 0.188. The number of carbonyl (C=O) groups excluding carboxylic acids is 1. The van der Waals surface area contributed by atoms with E-state index in [2.05, 4.69) is 17.2 Å². The van der Waals surface area contributed by atoms with Crippen molar-refractivity contribution in [1.82, 2.24) is 0 Å². The summed E-state index contributed by atoms with van der Waals surface area (Å²) in [4.78, 5) is 13.0. The van der Waals surface area contributed by atoms with Crippen molar-refractivity contribution in [2.24, 2.45) is 5.73 Å². The molecule has 0 bridgehead atoms. The lowest BCUT2D eigenvalue weighted by Gasteiger charge is -2.10. The molecule has 2 aromatic rings. The Kier molecular flexibility index (Phi) is 4.99. The van der Waals surface area contributed by atoms with E-state index in [-0.39, 0.29) is 5.91 Å². The van der Waals surface area contributed by atoms with Gasteiger partial charge >= 0.3 is 0 Å². The number of rotatable bonds is 3. The number of hydrogen-bond acceptors (Lipinski definition) is 4. The summed E-state index contributed by atoms with van der Waals surface area (Å²) >= 11 is 1.41. The summed E-state index contributed by atoms with van der Waals surface area (Å²) < 4.78 is 5.27. The van der Waals surface area contributed by atoms with Gasteiger partial charge in [0.2, 0.25) is 0 Å². The van der Waals surface area contributed by atoms with Crippen molar-refractivity contribution >= 4 is 22.9 Å². The minimum absolute atomic E-state index is 0.148. The Morgan fingerprint density at radius 3 is 2.86 bits per heavy atom. The highest BCUT2D eigenvalue weighted by Crippen LogP contribution is 2.27. The maximum absolute atomic E-state index is 12.3. The number of anilines is 1. The number of hydrogen-bond donors (Lipinski definition) is 2. The summed E-state index contributed by atoms with van der Waals surface area (Å²) in [6.45, 7) is 2.20. The molecule has 0 unspecified atom stereocenters. The number of nitrogens with one attached hydrogen (secondary N) is 1. The first-order chi connectivity index (χ1) is 10.2. The smallest absolute Gasteiger partial charge is 0.266 e. The van der Waals surface area contributed by atoms with Gasteiger partial charge in [-0.1, -0.05) is 11.8 Å². The monoisotopic (exact) mass is 300 g/mol. The Hall–Kier alpha value is -2.29. The lowest BCUT2D eigenvalue weighted by molar-refractivity contribution is 0.102. The van der Waals surface area contributed by atoms with Gasteiger partial charge in [-0.05, 0) is 42.1 Å². The third-order valence-electron chi connectivity index (χ3n) is 2.85. The first-order valence-electron chi connectivity index (χ1n) is 6.38. The molecule has 108 valence electrons. The van der Waals surface area contributed by atoms with E-state index in [1.165, 1.54) is 11.3 Å². The molecule has 21 heavy (non-hydrogen) atoms. The molecule has 0 saturated heterocycles. The van der Waals surface area contributed by atoms with Crippen LogP contribution in [0.1, 0.15) is 20.8 Å². The van der Waals surface area contributed by atoms with E-state index in [0.29, 0.717) is 22.9 Å². The van der Waals surface area contributed by atoms with E-state index in [0.717, 1.165) is 11.1 Å². The zero-order valence-electron chi connectivity index (χ0n) is 11.9. The van der Waals surface area contributed by atoms with Crippen LogP contribution in [-0.4, -0.2) is 19.6 Å². The van der Waals surface area contributed by atoms with E-state index in [4.69, 9.17) is 10.5 Å². The highest BCUT2D eigenvalue weighted by atomic mass is 32.1. The molecule has 0 fully saturated rings. The predicted octanol–water partition coefficient (Wildman–Crippen LogP) is 2.63. The van der Waals surface area contributed by atoms with Crippen LogP contribution in [0.25, 0.3) is 0 Å². The number of thiophene rings is 1. The average molecular weight is 300 g/mol. The molecular weight excluding hydrogens is 284 g/mol. The van der Waals surface area contributed by atoms with Crippen LogP contribution in [-0.2, 0) is 0 Å². The van der Waals surface area contributed by atoms with Gasteiger partial charge in [0.1, 0.15) is 5.75 Å². The zero-order chi connectivity index (χ0) is 15.2. The van der Waals surface area contributed by atoms with Gasteiger partial charge in [-0.15, -0.1) is 11.3 Å². The lowest BCUT2D eigenvalue weighted by atomic mass is 10.2. The molecule has 0 atom stereocenters. The largest absolute Gasteiger partial charge is 0.495 e.